The van der Waals surface area contributed by atoms with E-state index in [1.807, 2.05) is 11.8 Å². The monoisotopic (exact) mass is 187 g/mol. The van der Waals surface area contributed by atoms with Crippen LogP contribution in [0.3, 0.4) is 0 Å². The first kappa shape index (κ1) is 7.58. The summed E-state index contributed by atoms with van der Waals surface area (Å²) in [6, 6.07) is 0. The molecular weight excluding hydrogens is 178 g/mol. The van der Waals surface area contributed by atoms with E-state index in [0.717, 1.165) is 17.2 Å². The summed E-state index contributed by atoms with van der Waals surface area (Å²) in [6.45, 7) is 0.0995. The van der Waals surface area contributed by atoms with Crippen molar-refractivity contribution in [3.05, 3.63) is 15.6 Å². The van der Waals surface area contributed by atoms with Crippen LogP contribution in [0.2, 0.25) is 0 Å². The van der Waals surface area contributed by atoms with Gasteiger partial charge in [-0.2, -0.15) is 11.8 Å². The van der Waals surface area contributed by atoms with Gasteiger partial charge in [-0.3, -0.25) is 0 Å². The van der Waals surface area contributed by atoms with Crippen LogP contribution < -0.4 is 0 Å². The molecule has 0 amide bonds. The molecule has 1 aromatic heterocycles. The zero-order valence-electron chi connectivity index (χ0n) is 6.04. The highest BCUT2D eigenvalue weighted by atomic mass is 32.2. The predicted molar refractivity (Wildman–Crippen MR) is 47.9 cm³/mol. The maximum absolute atomic E-state index is 8.83. The summed E-state index contributed by atoms with van der Waals surface area (Å²) in [7, 11) is 0. The third-order valence-corrected chi connectivity index (χ3v) is 3.92. The van der Waals surface area contributed by atoms with E-state index in [9.17, 15) is 0 Å². The molecule has 0 saturated heterocycles. The standard InChI is InChI=1S/C7H9NOS2/c9-3-7-8-5-1-2-10-4-6(5)11-7/h9H,1-4H2. The van der Waals surface area contributed by atoms with Crippen LogP contribution in [0, 0.1) is 0 Å². The van der Waals surface area contributed by atoms with Gasteiger partial charge < -0.3 is 5.11 Å². The van der Waals surface area contributed by atoms with Crippen LogP contribution in [0.15, 0.2) is 0 Å². The zero-order valence-corrected chi connectivity index (χ0v) is 7.67. The number of aliphatic hydroxyl groups is 1. The molecule has 2 heterocycles. The van der Waals surface area contributed by atoms with E-state index >= 15 is 0 Å². The predicted octanol–water partition coefficient (Wildman–Crippen LogP) is 1.42. The third kappa shape index (κ3) is 1.43. The number of aliphatic hydroxyl groups excluding tert-OH is 1. The number of thiazole rings is 1. The van der Waals surface area contributed by atoms with Crippen LogP contribution in [-0.4, -0.2) is 15.8 Å². The summed E-state index contributed by atoms with van der Waals surface area (Å²) in [4.78, 5) is 5.69. The molecule has 0 fully saturated rings. The number of hydrogen-bond donors (Lipinski definition) is 1. The molecule has 60 valence electrons. The van der Waals surface area contributed by atoms with E-state index in [2.05, 4.69) is 4.98 Å². The molecule has 1 aliphatic heterocycles. The van der Waals surface area contributed by atoms with E-state index in [0.29, 0.717) is 0 Å². The quantitative estimate of drug-likeness (QED) is 0.722. The lowest BCUT2D eigenvalue weighted by Gasteiger charge is -2.06. The second kappa shape index (κ2) is 3.13. The van der Waals surface area contributed by atoms with Crippen LogP contribution in [0.1, 0.15) is 15.6 Å². The van der Waals surface area contributed by atoms with Gasteiger partial charge in [0, 0.05) is 10.6 Å². The van der Waals surface area contributed by atoms with E-state index in [1.54, 1.807) is 11.3 Å². The summed E-state index contributed by atoms with van der Waals surface area (Å²) in [5, 5.41) is 9.70. The largest absolute Gasteiger partial charge is 0.389 e. The van der Waals surface area contributed by atoms with Gasteiger partial charge in [0.25, 0.3) is 0 Å². The molecule has 0 unspecified atom stereocenters. The van der Waals surface area contributed by atoms with Crippen molar-refractivity contribution in [2.45, 2.75) is 18.8 Å². The molecule has 4 heteroatoms. The van der Waals surface area contributed by atoms with Crippen molar-refractivity contribution < 1.29 is 5.11 Å². The minimum atomic E-state index is 0.0995. The van der Waals surface area contributed by atoms with Crippen molar-refractivity contribution in [1.29, 1.82) is 0 Å². The number of aryl methyl sites for hydroxylation is 1. The first-order chi connectivity index (χ1) is 5.40. The lowest BCUT2D eigenvalue weighted by molar-refractivity contribution is 0.281. The summed E-state index contributed by atoms with van der Waals surface area (Å²) >= 11 is 3.60. The maximum atomic E-state index is 8.83. The lowest BCUT2D eigenvalue weighted by Crippen LogP contribution is -1.99. The van der Waals surface area contributed by atoms with Gasteiger partial charge in [0.05, 0.1) is 12.3 Å². The molecule has 2 rings (SSSR count). The maximum Gasteiger partial charge on any atom is 0.119 e. The number of rotatable bonds is 1. The molecule has 1 aromatic rings. The molecular formula is C7H9NOS2. The Balaban J connectivity index is 2.32. The van der Waals surface area contributed by atoms with E-state index in [-0.39, 0.29) is 6.61 Å². The molecule has 0 aromatic carbocycles. The Morgan fingerprint density at radius 2 is 2.45 bits per heavy atom. The SMILES string of the molecule is OCc1nc2c(s1)CSCC2. The van der Waals surface area contributed by atoms with E-state index in [1.165, 1.54) is 16.3 Å². The molecule has 1 N–H and O–H groups in total. The second-order valence-electron chi connectivity index (χ2n) is 2.44. The van der Waals surface area contributed by atoms with Crippen molar-refractivity contribution in [3.8, 4) is 0 Å². The number of aromatic nitrogens is 1. The fourth-order valence-electron chi connectivity index (χ4n) is 1.15. The molecule has 0 aliphatic carbocycles. The van der Waals surface area contributed by atoms with Gasteiger partial charge >= 0.3 is 0 Å². The van der Waals surface area contributed by atoms with Crippen molar-refractivity contribution in [2.75, 3.05) is 5.75 Å². The molecule has 0 bridgehead atoms. The number of fused-ring (bicyclic) bond motifs is 1. The van der Waals surface area contributed by atoms with Gasteiger partial charge in [-0.15, -0.1) is 11.3 Å². The van der Waals surface area contributed by atoms with E-state index in [4.69, 9.17) is 5.11 Å². The first-order valence-electron chi connectivity index (χ1n) is 3.56. The summed E-state index contributed by atoms with van der Waals surface area (Å²) < 4.78 is 0. The Hall–Kier alpha value is -0.0600. The number of hydrogen-bond acceptors (Lipinski definition) is 4. The third-order valence-electron chi connectivity index (χ3n) is 1.67. The molecule has 0 spiro atoms. The van der Waals surface area contributed by atoms with Crippen LogP contribution >= 0.6 is 23.1 Å². The Bertz CT molecular complexity index is 235. The highest BCUT2D eigenvalue weighted by molar-refractivity contribution is 7.98. The molecule has 0 saturated carbocycles. The zero-order chi connectivity index (χ0) is 7.68. The van der Waals surface area contributed by atoms with E-state index < -0.39 is 0 Å². The van der Waals surface area contributed by atoms with Crippen molar-refractivity contribution in [3.63, 3.8) is 0 Å². The highest BCUT2D eigenvalue weighted by Gasteiger charge is 2.14. The number of nitrogens with zero attached hydrogens (tertiary/aromatic N) is 1. The Labute approximate surface area is 73.7 Å². The normalized spacial score (nSPS) is 16.5. The summed E-state index contributed by atoms with van der Waals surface area (Å²) in [5.74, 6) is 2.27. The molecule has 11 heavy (non-hydrogen) atoms. The van der Waals surface area contributed by atoms with Crippen LogP contribution in [-0.2, 0) is 18.8 Å². The Morgan fingerprint density at radius 1 is 1.55 bits per heavy atom. The van der Waals surface area contributed by atoms with Crippen molar-refractivity contribution in [1.82, 2.24) is 4.98 Å². The minimum absolute atomic E-state index is 0.0995. The molecule has 0 radical (unpaired) electrons. The Morgan fingerprint density at radius 3 is 3.18 bits per heavy atom. The lowest BCUT2D eigenvalue weighted by atomic mass is 10.3. The van der Waals surface area contributed by atoms with Crippen molar-refractivity contribution >= 4 is 23.1 Å². The van der Waals surface area contributed by atoms with Crippen LogP contribution in [0.5, 0.6) is 0 Å². The van der Waals surface area contributed by atoms with Crippen LogP contribution in [0.4, 0.5) is 0 Å². The number of thioether (sulfide) groups is 1. The van der Waals surface area contributed by atoms with Gasteiger partial charge in [-0.05, 0) is 12.2 Å². The summed E-state index contributed by atoms with van der Waals surface area (Å²) in [6.07, 6.45) is 1.08. The molecule has 2 nitrogen and oxygen atoms in total. The smallest absolute Gasteiger partial charge is 0.119 e. The van der Waals surface area contributed by atoms with Gasteiger partial charge in [0.15, 0.2) is 0 Å². The highest BCUT2D eigenvalue weighted by Crippen LogP contribution is 2.29. The Kier molecular flexibility index (Phi) is 2.16. The molecule has 1 aliphatic rings. The second-order valence-corrected chi connectivity index (χ2v) is 4.71. The van der Waals surface area contributed by atoms with Crippen LogP contribution in [0.25, 0.3) is 0 Å². The fourth-order valence-corrected chi connectivity index (χ4v) is 3.24. The van der Waals surface area contributed by atoms with Gasteiger partial charge in [-0.25, -0.2) is 4.98 Å². The first-order valence-corrected chi connectivity index (χ1v) is 5.53. The fraction of sp³-hybridized carbons (Fsp3) is 0.571. The van der Waals surface area contributed by atoms with Gasteiger partial charge in [-0.1, -0.05) is 0 Å². The average molecular weight is 187 g/mol. The van der Waals surface area contributed by atoms with Crippen molar-refractivity contribution in [2.24, 2.45) is 0 Å². The summed E-state index contributed by atoms with van der Waals surface area (Å²) in [5.41, 5.74) is 1.22. The minimum Gasteiger partial charge on any atom is -0.389 e. The van der Waals surface area contributed by atoms with Gasteiger partial charge in [0.2, 0.25) is 0 Å². The van der Waals surface area contributed by atoms with Gasteiger partial charge in [0.1, 0.15) is 5.01 Å². The topological polar surface area (TPSA) is 33.1 Å². The average Bonchev–Trinajstić information content (AvgIpc) is 2.46. The molecule has 0 atom stereocenters.